The summed E-state index contributed by atoms with van der Waals surface area (Å²) in [6.45, 7) is 1.51. The van der Waals surface area contributed by atoms with Crippen LogP contribution in [0.1, 0.15) is 12.0 Å². The van der Waals surface area contributed by atoms with Gasteiger partial charge >= 0.3 is 0 Å². The van der Waals surface area contributed by atoms with E-state index < -0.39 is 0 Å². The molecule has 0 aliphatic heterocycles. The Balaban J connectivity index is 2.69. The van der Waals surface area contributed by atoms with Crippen molar-refractivity contribution in [3.05, 3.63) is 17.7 Å². The van der Waals surface area contributed by atoms with E-state index >= 15 is 0 Å². The predicted molar refractivity (Wildman–Crippen MR) is 97.3 cm³/mol. The molecule has 0 bridgehead atoms. The van der Waals surface area contributed by atoms with Crippen LogP contribution in [0.2, 0.25) is 0 Å². The molecule has 2 N–H and O–H groups in total. The van der Waals surface area contributed by atoms with Gasteiger partial charge in [0.1, 0.15) is 0 Å². The largest absolute Gasteiger partial charge is 0.493 e. The van der Waals surface area contributed by atoms with Crippen molar-refractivity contribution >= 4 is 17.7 Å². The van der Waals surface area contributed by atoms with E-state index in [0.717, 1.165) is 30.2 Å². The molecule has 0 unspecified atom stereocenters. The van der Waals surface area contributed by atoms with Crippen LogP contribution in [0.5, 0.6) is 17.2 Å². The average Bonchev–Trinajstić information content (AvgIpc) is 2.59. The van der Waals surface area contributed by atoms with Crippen molar-refractivity contribution in [1.82, 2.24) is 10.6 Å². The zero-order chi connectivity index (χ0) is 17.1. The number of nitrogens with zero attached hydrogens (tertiary/aromatic N) is 1. The van der Waals surface area contributed by atoms with Crippen LogP contribution in [-0.4, -0.2) is 52.9 Å². The summed E-state index contributed by atoms with van der Waals surface area (Å²) in [5, 5.41) is 6.58. The minimum atomic E-state index is 0.596. The molecule has 1 rings (SSSR count). The maximum absolute atomic E-state index is 5.36. The van der Waals surface area contributed by atoms with Gasteiger partial charge in [-0.2, -0.15) is 11.8 Å². The van der Waals surface area contributed by atoms with E-state index in [1.54, 1.807) is 28.4 Å². The molecule has 0 heterocycles. The number of benzene rings is 1. The van der Waals surface area contributed by atoms with Crippen LogP contribution in [0.25, 0.3) is 0 Å². The smallest absolute Gasteiger partial charge is 0.203 e. The Hall–Kier alpha value is -1.76. The molecule has 0 radical (unpaired) electrons. The molecule has 0 fully saturated rings. The van der Waals surface area contributed by atoms with Crippen molar-refractivity contribution in [3.8, 4) is 17.2 Å². The molecule has 1 aromatic carbocycles. The molecule has 23 heavy (non-hydrogen) atoms. The lowest BCUT2D eigenvalue weighted by Crippen LogP contribution is -2.37. The van der Waals surface area contributed by atoms with Gasteiger partial charge in [-0.1, -0.05) is 0 Å². The summed E-state index contributed by atoms with van der Waals surface area (Å²) in [5.41, 5.74) is 1.02. The third-order valence-corrected chi connectivity index (χ3v) is 3.92. The first kappa shape index (κ1) is 19.3. The number of thioether (sulfide) groups is 1. The molecule has 0 saturated carbocycles. The third kappa shape index (κ3) is 6.09. The first-order valence-electron chi connectivity index (χ1n) is 7.42. The number of hydrogen-bond acceptors (Lipinski definition) is 5. The highest BCUT2D eigenvalue weighted by molar-refractivity contribution is 7.98. The second-order valence-corrected chi connectivity index (χ2v) is 5.72. The van der Waals surface area contributed by atoms with E-state index in [9.17, 15) is 0 Å². The first-order valence-corrected chi connectivity index (χ1v) is 8.81. The van der Waals surface area contributed by atoms with Gasteiger partial charge in [-0.25, -0.2) is 0 Å². The van der Waals surface area contributed by atoms with Crippen LogP contribution < -0.4 is 24.8 Å². The molecule has 6 nitrogen and oxygen atoms in total. The molecule has 130 valence electrons. The Kier molecular flexibility index (Phi) is 9.12. The van der Waals surface area contributed by atoms with Gasteiger partial charge in [0.2, 0.25) is 5.75 Å². The van der Waals surface area contributed by atoms with Gasteiger partial charge in [0.15, 0.2) is 17.5 Å². The van der Waals surface area contributed by atoms with Gasteiger partial charge in [-0.05, 0) is 36.1 Å². The van der Waals surface area contributed by atoms with Crippen LogP contribution in [0.3, 0.4) is 0 Å². The van der Waals surface area contributed by atoms with Gasteiger partial charge in [0, 0.05) is 20.1 Å². The Morgan fingerprint density at radius 3 is 2.22 bits per heavy atom. The quantitative estimate of drug-likeness (QED) is 0.408. The van der Waals surface area contributed by atoms with E-state index in [1.165, 1.54) is 0 Å². The highest BCUT2D eigenvalue weighted by atomic mass is 32.2. The SMILES string of the molecule is CN=C(NCCCSC)NCc1cc(OC)c(OC)c(OC)c1. The minimum absolute atomic E-state index is 0.596. The molecule has 0 saturated heterocycles. The van der Waals surface area contributed by atoms with E-state index in [1.807, 2.05) is 23.9 Å². The Bertz CT molecular complexity index is 484. The molecule has 1 aromatic rings. The van der Waals surface area contributed by atoms with Crippen molar-refractivity contribution in [2.45, 2.75) is 13.0 Å². The molecule has 0 amide bonds. The fourth-order valence-electron chi connectivity index (χ4n) is 2.07. The number of nitrogens with one attached hydrogen (secondary N) is 2. The number of guanidine groups is 1. The lowest BCUT2D eigenvalue weighted by Gasteiger charge is -2.16. The van der Waals surface area contributed by atoms with E-state index in [0.29, 0.717) is 23.8 Å². The fourth-order valence-corrected chi connectivity index (χ4v) is 2.50. The standard InChI is InChI=1S/C16H27N3O3S/c1-17-16(18-7-6-8-23-5)19-11-12-9-13(20-2)15(22-4)14(10-12)21-3/h9-10H,6-8,11H2,1-5H3,(H2,17,18,19). The lowest BCUT2D eigenvalue weighted by atomic mass is 10.2. The molecule has 0 aromatic heterocycles. The van der Waals surface area contributed by atoms with Crippen LogP contribution in [0.4, 0.5) is 0 Å². The molecule has 0 aliphatic carbocycles. The van der Waals surface area contributed by atoms with Gasteiger partial charge in [0.25, 0.3) is 0 Å². The molecule has 0 atom stereocenters. The number of ether oxygens (including phenoxy) is 3. The molecular formula is C16H27N3O3S. The molecule has 0 spiro atoms. The van der Waals surface area contributed by atoms with Crippen molar-refractivity contribution in [2.75, 3.05) is 46.9 Å². The summed E-state index contributed by atoms with van der Waals surface area (Å²) in [6, 6.07) is 3.85. The summed E-state index contributed by atoms with van der Waals surface area (Å²) >= 11 is 1.84. The van der Waals surface area contributed by atoms with Crippen LogP contribution in [0.15, 0.2) is 17.1 Å². The average molecular weight is 341 g/mol. The fraction of sp³-hybridized carbons (Fsp3) is 0.562. The van der Waals surface area contributed by atoms with Crippen LogP contribution in [0, 0.1) is 0 Å². The maximum atomic E-state index is 5.36. The Morgan fingerprint density at radius 1 is 1.09 bits per heavy atom. The van der Waals surface area contributed by atoms with Gasteiger partial charge < -0.3 is 24.8 Å². The van der Waals surface area contributed by atoms with Crippen molar-refractivity contribution in [3.63, 3.8) is 0 Å². The Labute approximate surface area is 143 Å². The highest BCUT2D eigenvalue weighted by Crippen LogP contribution is 2.38. The van der Waals surface area contributed by atoms with Crippen molar-refractivity contribution < 1.29 is 14.2 Å². The summed E-state index contributed by atoms with van der Waals surface area (Å²) in [5.74, 6) is 3.80. The molecule has 7 heteroatoms. The third-order valence-electron chi connectivity index (χ3n) is 3.23. The first-order chi connectivity index (χ1) is 11.2. The second-order valence-electron chi connectivity index (χ2n) is 4.73. The van der Waals surface area contributed by atoms with E-state index in [2.05, 4.69) is 21.9 Å². The van der Waals surface area contributed by atoms with Crippen LogP contribution >= 0.6 is 11.8 Å². The molecule has 0 aliphatic rings. The van der Waals surface area contributed by atoms with Gasteiger partial charge in [-0.15, -0.1) is 0 Å². The number of aliphatic imine (C=N–C) groups is 1. The zero-order valence-corrected chi connectivity index (χ0v) is 15.4. The zero-order valence-electron chi connectivity index (χ0n) is 14.6. The topological polar surface area (TPSA) is 64.1 Å². The van der Waals surface area contributed by atoms with E-state index in [4.69, 9.17) is 14.2 Å². The maximum Gasteiger partial charge on any atom is 0.203 e. The summed E-state index contributed by atoms with van der Waals surface area (Å²) in [7, 11) is 6.58. The normalized spacial score (nSPS) is 11.1. The number of rotatable bonds is 9. The van der Waals surface area contributed by atoms with Gasteiger partial charge in [0.05, 0.1) is 21.3 Å². The molecular weight excluding hydrogens is 314 g/mol. The highest BCUT2D eigenvalue weighted by Gasteiger charge is 2.13. The van der Waals surface area contributed by atoms with E-state index in [-0.39, 0.29) is 0 Å². The second kappa shape index (κ2) is 10.9. The number of hydrogen-bond donors (Lipinski definition) is 2. The summed E-state index contributed by atoms with van der Waals surface area (Å²) in [6.07, 6.45) is 3.21. The van der Waals surface area contributed by atoms with Gasteiger partial charge in [-0.3, -0.25) is 4.99 Å². The minimum Gasteiger partial charge on any atom is -0.493 e. The summed E-state index contributed by atoms with van der Waals surface area (Å²) < 4.78 is 16.1. The monoisotopic (exact) mass is 341 g/mol. The predicted octanol–water partition coefficient (Wildman–Crippen LogP) is 2.13. The van der Waals surface area contributed by atoms with Crippen molar-refractivity contribution in [1.29, 1.82) is 0 Å². The number of methoxy groups -OCH3 is 3. The summed E-state index contributed by atoms with van der Waals surface area (Å²) in [4.78, 5) is 4.22. The van der Waals surface area contributed by atoms with Crippen molar-refractivity contribution in [2.24, 2.45) is 4.99 Å². The Morgan fingerprint density at radius 2 is 1.74 bits per heavy atom. The van der Waals surface area contributed by atoms with Crippen LogP contribution in [-0.2, 0) is 6.54 Å². The lowest BCUT2D eigenvalue weighted by molar-refractivity contribution is 0.323.